The molecule has 0 fully saturated rings. The molecule has 0 aliphatic heterocycles. The molecule has 136 valence electrons. The molecular formula is C18H18N8O. The second-order valence-corrected chi connectivity index (χ2v) is 5.39. The quantitative estimate of drug-likeness (QED) is 0.471. The zero-order valence-electron chi connectivity index (χ0n) is 14.4. The van der Waals surface area contributed by atoms with Crippen LogP contribution < -0.4 is 21.7 Å². The van der Waals surface area contributed by atoms with Crippen molar-refractivity contribution in [2.24, 2.45) is 0 Å². The summed E-state index contributed by atoms with van der Waals surface area (Å²) in [6.07, 6.45) is 6.32. The Morgan fingerprint density at radius 2 is 2.04 bits per heavy atom. The fourth-order valence-electron chi connectivity index (χ4n) is 2.17. The van der Waals surface area contributed by atoms with E-state index in [0.29, 0.717) is 24.1 Å². The van der Waals surface area contributed by atoms with Gasteiger partial charge in [0.2, 0.25) is 5.95 Å². The minimum Gasteiger partial charge on any atom is -0.384 e. The summed E-state index contributed by atoms with van der Waals surface area (Å²) in [6.45, 7) is 3.91. The summed E-state index contributed by atoms with van der Waals surface area (Å²) in [4.78, 5) is 29.2. The first-order valence-electron chi connectivity index (χ1n) is 8.08. The molecule has 0 aliphatic carbocycles. The summed E-state index contributed by atoms with van der Waals surface area (Å²) < 4.78 is 0. The number of nitrogen functional groups attached to an aromatic ring is 1. The van der Waals surface area contributed by atoms with Crippen LogP contribution in [0.2, 0.25) is 0 Å². The minimum atomic E-state index is -0.339. The van der Waals surface area contributed by atoms with E-state index in [9.17, 15) is 4.79 Å². The summed E-state index contributed by atoms with van der Waals surface area (Å²) in [7, 11) is 0. The maximum atomic E-state index is 12.4. The van der Waals surface area contributed by atoms with E-state index in [2.05, 4.69) is 42.5 Å². The van der Waals surface area contributed by atoms with Crippen molar-refractivity contribution in [3.63, 3.8) is 0 Å². The summed E-state index contributed by atoms with van der Waals surface area (Å²) >= 11 is 0. The maximum Gasteiger partial charge on any atom is 0.256 e. The molecule has 0 unspecified atom stereocenters. The van der Waals surface area contributed by atoms with Crippen LogP contribution in [0.3, 0.4) is 0 Å². The van der Waals surface area contributed by atoms with Gasteiger partial charge in [0.25, 0.3) is 5.91 Å². The van der Waals surface area contributed by atoms with Crippen LogP contribution in [-0.4, -0.2) is 32.4 Å². The molecule has 3 rings (SSSR count). The normalized spacial score (nSPS) is 10.1. The van der Waals surface area contributed by atoms with Crippen LogP contribution in [0.5, 0.6) is 0 Å². The van der Waals surface area contributed by atoms with Gasteiger partial charge in [-0.05, 0) is 24.3 Å². The minimum absolute atomic E-state index is 0.262. The van der Waals surface area contributed by atoms with E-state index in [1.165, 1.54) is 6.20 Å². The smallest absolute Gasteiger partial charge is 0.256 e. The summed E-state index contributed by atoms with van der Waals surface area (Å²) in [5.74, 6) is 1.05. The Kier molecular flexibility index (Phi) is 5.53. The van der Waals surface area contributed by atoms with Crippen molar-refractivity contribution in [1.29, 1.82) is 0 Å². The number of nitrogens with two attached hydrogens (primary N) is 1. The molecule has 0 spiro atoms. The summed E-state index contributed by atoms with van der Waals surface area (Å²) in [5, 5.41) is 8.75. The molecule has 0 aliphatic rings. The molecule has 3 heterocycles. The number of nitrogens with one attached hydrogen (secondary N) is 3. The Bertz CT molecular complexity index is 945. The third-order valence-corrected chi connectivity index (χ3v) is 3.38. The molecular weight excluding hydrogens is 344 g/mol. The Balaban J connectivity index is 1.92. The first kappa shape index (κ1) is 17.8. The van der Waals surface area contributed by atoms with Gasteiger partial charge in [0.05, 0.1) is 11.9 Å². The fraction of sp³-hybridized carbons (Fsp3) is 0.0556. The molecule has 0 radical (unpaired) electrons. The highest BCUT2D eigenvalue weighted by Crippen LogP contribution is 2.21. The van der Waals surface area contributed by atoms with Gasteiger partial charge in [0, 0.05) is 18.9 Å². The van der Waals surface area contributed by atoms with E-state index in [0.717, 1.165) is 5.69 Å². The molecule has 0 saturated carbocycles. The lowest BCUT2D eigenvalue weighted by Gasteiger charge is -2.12. The van der Waals surface area contributed by atoms with Gasteiger partial charge in [-0.25, -0.2) is 9.97 Å². The molecule has 3 aromatic heterocycles. The molecule has 9 nitrogen and oxygen atoms in total. The number of amides is 1. The number of nitrogens with zero attached hydrogens (tertiary/aromatic N) is 4. The van der Waals surface area contributed by atoms with Gasteiger partial charge in [-0.2, -0.15) is 4.98 Å². The Labute approximate surface area is 155 Å². The van der Waals surface area contributed by atoms with E-state index in [4.69, 9.17) is 5.73 Å². The Morgan fingerprint density at radius 1 is 1.15 bits per heavy atom. The summed E-state index contributed by atoms with van der Waals surface area (Å²) in [5.41, 5.74) is 6.69. The molecule has 0 bridgehead atoms. The molecule has 1 amide bonds. The van der Waals surface area contributed by atoms with Gasteiger partial charge in [-0.1, -0.05) is 12.1 Å². The lowest BCUT2D eigenvalue weighted by molar-refractivity contribution is 0.0958. The predicted molar refractivity (Wildman–Crippen MR) is 104 cm³/mol. The zero-order chi connectivity index (χ0) is 19.1. The average Bonchev–Trinajstić information content (AvgIpc) is 2.67. The van der Waals surface area contributed by atoms with Crippen LogP contribution in [0.25, 0.3) is 0 Å². The number of hydrogen-bond acceptors (Lipinski definition) is 8. The zero-order valence-corrected chi connectivity index (χ0v) is 14.4. The highest BCUT2D eigenvalue weighted by molar-refractivity contribution is 5.99. The third kappa shape index (κ3) is 4.75. The van der Waals surface area contributed by atoms with Gasteiger partial charge in [0.15, 0.2) is 0 Å². The van der Waals surface area contributed by atoms with Crippen molar-refractivity contribution in [3.05, 3.63) is 67.1 Å². The number of carbonyl (C=O) groups excluding carboxylic acids is 1. The van der Waals surface area contributed by atoms with E-state index < -0.39 is 0 Å². The van der Waals surface area contributed by atoms with Gasteiger partial charge in [0.1, 0.15) is 23.0 Å². The van der Waals surface area contributed by atoms with Crippen LogP contribution >= 0.6 is 0 Å². The topological polar surface area (TPSA) is 131 Å². The lowest BCUT2D eigenvalue weighted by Crippen LogP contribution is -2.25. The van der Waals surface area contributed by atoms with Crippen molar-refractivity contribution >= 4 is 35.0 Å². The summed E-state index contributed by atoms with van der Waals surface area (Å²) in [6, 6.07) is 8.75. The molecule has 0 atom stereocenters. The van der Waals surface area contributed by atoms with E-state index in [1.807, 2.05) is 6.07 Å². The Morgan fingerprint density at radius 3 is 2.78 bits per heavy atom. The van der Waals surface area contributed by atoms with E-state index in [-0.39, 0.29) is 17.3 Å². The monoisotopic (exact) mass is 362 g/mol. The van der Waals surface area contributed by atoms with Crippen LogP contribution in [0.1, 0.15) is 10.4 Å². The van der Waals surface area contributed by atoms with Crippen molar-refractivity contribution in [1.82, 2.24) is 25.3 Å². The van der Waals surface area contributed by atoms with Crippen molar-refractivity contribution in [2.75, 3.05) is 22.9 Å². The number of pyridine rings is 2. The molecule has 3 aromatic rings. The first-order valence-corrected chi connectivity index (χ1v) is 8.08. The van der Waals surface area contributed by atoms with Gasteiger partial charge < -0.3 is 21.7 Å². The number of hydrogen-bond donors (Lipinski definition) is 4. The second kappa shape index (κ2) is 8.39. The first-order chi connectivity index (χ1) is 13.2. The van der Waals surface area contributed by atoms with Gasteiger partial charge in [-0.3, -0.25) is 9.78 Å². The van der Waals surface area contributed by atoms with Crippen molar-refractivity contribution < 1.29 is 4.79 Å². The number of rotatable bonds is 7. The van der Waals surface area contributed by atoms with Crippen molar-refractivity contribution in [3.8, 4) is 0 Å². The second-order valence-electron chi connectivity index (χ2n) is 5.39. The maximum absolute atomic E-state index is 12.4. The fourth-order valence-corrected chi connectivity index (χ4v) is 2.17. The van der Waals surface area contributed by atoms with Crippen LogP contribution in [0.15, 0.2) is 61.6 Å². The van der Waals surface area contributed by atoms with Gasteiger partial charge >= 0.3 is 0 Å². The highest BCUT2D eigenvalue weighted by atomic mass is 16.1. The molecule has 27 heavy (non-hydrogen) atoms. The lowest BCUT2D eigenvalue weighted by atomic mass is 10.2. The third-order valence-electron chi connectivity index (χ3n) is 3.38. The SMILES string of the molecule is C=CCNC(=O)c1cnc(Nc2cccnc2)nc1Nc1cccc(N)n1. The van der Waals surface area contributed by atoms with E-state index in [1.54, 1.807) is 42.7 Å². The molecule has 5 N–H and O–H groups in total. The van der Waals surface area contributed by atoms with Crippen LogP contribution in [0, 0.1) is 0 Å². The van der Waals surface area contributed by atoms with Crippen LogP contribution in [-0.2, 0) is 0 Å². The van der Waals surface area contributed by atoms with E-state index >= 15 is 0 Å². The molecule has 9 heteroatoms. The highest BCUT2D eigenvalue weighted by Gasteiger charge is 2.15. The van der Waals surface area contributed by atoms with Crippen molar-refractivity contribution in [2.45, 2.75) is 0 Å². The number of aromatic nitrogens is 4. The number of anilines is 5. The average molecular weight is 362 g/mol. The number of carbonyl (C=O) groups is 1. The molecule has 0 aromatic carbocycles. The largest absolute Gasteiger partial charge is 0.384 e. The Hall–Kier alpha value is -4.01. The predicted octanol–water partition coefficient (Wildman–Crippen LogP) is 2.25. The van der Waals surface area contributed by atoms with Crippen LogP contribution in [0.4, 0.5) is 29.1 Å². The molecule has 0 saturated heterocycles. The standard InChI is InChI=1S/C18H18N8O/c1-2-8-21-17(27)13-11-22-18(23-12-5-4-9-20-10-12)26-16(13)25-15-7-3-6-14(19)24-15/h2-7,9-11H,1,8H2,(H,21,27)(H4,19,22,23,24,25,26). The van der Waals surface area contributed by atoms with Gasteiger partial charge in [-0.15, -0.1) is 6.58 Å².